The van der Waals surface area contributed by atoms with E-state index in [1.165, 1.54) is 17.9 Å². The van der Waals surface area contributed by atoms with Crippen LogP contribution in [0.4, 0.5) is 5.69 Å². The van der Waals surface area contributed by atoms with Gasteiger partial charge in [-0.15, -0.1) is 0 Å². The highest BCUT2D eigenvalue weighted by atomic mass is 35.5. The normalized spacial score (nSPS) is 10.1. The van der Waals surface area contributed by atoms with Gasteiger partial charge in [0.25, 0.3) is 5.56 Å². The van der Waals surface area contributed by atoms with E-state index in [1.54, 1.807) is 24.3 Å². The number of para-hydroxylation sites is 1. The number of rotatable bonds is 4. The molecule has 0 unspecified atom stereocenters. The summed E-state index contributed by atoms with van der Waals surface area (Å²) in [5.74, 6) is -0.215. The van der Waals surface area contributed by atoms with Crippen molar-refractivity contribution < 1.29 is 4.79 Å². The number of carbonyl (C=O) groups is 1. The van der Waals surface area contributed by atoms with Gasteiger partial charge < -0.3 is 10.6 Å². The van der Waals surface area contributed by atoms with Crippen LogP contribution in [0.25, 0.3) is 5.69 Å². The Morgan fingerprint density at radius 3 is 2.70 bits per heavy atom. The Morgan fingerprint density at radius 2 is 2.05 bits per heavy atom. The standard InChI is InChI=1S/C13H13ClN4O2/c1-15-11(19)8-16-10-7-17-18(13(20)12(10)14)9-5-3-2-4-6-9/h2-7,16H,8H2,1H3,(H,15,19). The molecule has 1 amide bonds. The van der Waals surface area contributed by atoms with Gasteiger partial charge >= 0.3 is 0 Å². The molecule has 0 bridgehead atoms. The maximum atomic E-state index is 12.1. The third kappa shape index (κ3) is 2.97. The lowest BCUT2D eigenvalue weighted by Gasteiger charge is -2.09. The van der Waals surface area contributed by atoms with Crippen molar-refractivity contribution in [1.29, 1.82) is 0 Å². The zero-order chi connectivity index (χ0) is 14.5. The lowest BCUT2D eigenvalue weighted by Crippen LogP contribution is -2.28. The van der Waals surface area contributed by atoms with Crippen LogP contribution in [0.15, 0.2) is 41.3 Å². The van der Waals surface area contributed by atoms with Crippen LogP contribution in [0.2, 0.25) is 5.02 Å². The number of carbonyl (C=O) groups excluding carboxylic acids is 1. The molecule has 6 nitrogen and oxygen atoms in total. The largest absolute Gasteiger partial charge is 0.373 e. The molecule has 1 aromatic heterocycles. The summed E-state index contributed by atoms with van der Waals surface area (Å²) in [6, 6.07) is 8.95. The highest BCUT2D eigenvalue weighted by Crippen LogP contribution is 2.16. The topological polar surface area (TPSA) is 76.0 Å². The predicted octanol–water partition coefficient (Wildman–Crippen LogP) is 1.04. The van der Waals surface area contributed by atoms with Crippen molar-refractivity contribution in [2.24, 2.45) is 0 Å². The molecular formula is C13H13ClN4O2. The minimum Gasteiger partial charge on any atom is -0.373 e. The van der Waals surface area contributed by atoms with Gasteiger partial charge in [0.2, 0.25) is 5.91 Å². The van der Waals surface area contributed by atoms with E-state index in [0.717, 1.165) is 0 Å². The Hall–Kier alpha value is -2.34. The summed E-state index contributed by atoms with van der Waals surface area (Å²) in [5, 5.41) is 9.25. The van der Waals surface area contributed by atoms with Crippen molar-refractivity contribution in [3.8, 4) is 5.69 Å². The summed E-state index contributed by atoms with van der Waals surface area (Å²) < 4.78 is 1.20. The first-order valence-electron chi connectivity index (χ1n) is 5.91. The molecule has 0 radical (unpaired) electrons. The molecule has 0 fully saturated rings. The second-order valence-corrected chi connectivity index (χ2v) is 4.33. The van der Waals surface area contributed by atoms with E-state index in [-0.39, 0.29) is 17.5 Å². The minimum absolute atomic E-state index is 0.00671. The SMILES string of the molecule is CNC(=O)CNc1cnn(-c2ccccc2)c(=O)c1Cl. The summed E-state index contributed by atoms with van der Waals surface area (Å²) >= 11 is 6.01. The molecule has 7 heteroatoms. The molecule has 20 heavy (non-hydrogen) atoms. The zero-order valence-corrected chi connectivity index (χ0v) is 11.5. The van der Waals surface area contributed by atoms with E-state index in [9.17, 15) is 9.59 Å². The molecule has 0 aliphatic carbocycles. The van der Waals surface area contributed by atoms with Gasteiger partial charge in [-0.2, -0.15) is 9.78 Å². The first-order valence-corrected chi connectivity index (χ1v) is 6.29. The summed E-state index contributed by atoms with van der Waals surface area (Å²) in [6.45, 7) is 0.0205. The van der Waals surface area contributed by atoms with E-state index in [4.69, 9.17) is 11.6 Å². The van der Waals surface area contributed by atoms with E-state index in [1.807, 2.05) is 6.07 Å². The fourth-order valence-corrected chi connectivity index (χ4v) is 1.77. The zero-order valence-electron chi connectivity index (χ0n) is 10.8. The van der Waals surface area contributed by atoms with E-state index in [0.29, 0.717) is 11.4 Å². The Morgan fingerprint density at radius 1 is 1.35 bits per heavy atom. The lowest BCUT2D eigenvalue weighted by atomic mass is 10.3. The van der Waals surface area contributed by atoms with Crippen LogP contribution in [0.3, 0.4) is 0 Å². The molecule has 0 spiro atoms. The number of halogens is 1. The molecule has 0 saturated carbocycles. The van der Waals surface area contributed by atoms with Crippen molar-refractivity contribution in [3.05, 3.63) is 51.9 Å². The van der Waals surface area contributed by atoms with Gasteiger partial charge in [0.1, 0.15) is 5.02 Å². The quantitative estimate of drug-likeness (QED) is 0.883. The predicted molar refractivity (Wildman–Crippen MR) is 77.4 cm³/mol. The molecule has 0 aliphatic heterocycles. The highest BCUT2D eigenvalue weighted by Gasteiger charge is 2.10. The number of anilines is 1. The lowest BCUT2D eigenvalue weighted by molar-refractivity contribution is -0.118. The molecule has 0 aliphatic rings. The van der Waals surface area contributed by atoms with Crippen molar-refractivity contribution in [1.82, 2.24) is 15.1 Å². The first kappa shape index (κ1) is 14.1. The third-order valence-corrected chi connectivity index (χ3v) is 3.00. The number of amides is 1. The van der Waals surface area contributed by atoms with Gasteiger partial charge in [-0.1, -0.05) is 29.8 Å². The third-order valence-electron chi connectivity index (χ3n) is 2.64. The fourth-order valence-electron chi connectivity index (χ4n) is 1.57. The molecular weight excluding hydrogens is 280 g/mol. The van der Waals surface area contributed by atoms with Crippen molar-refractivity contribution >= 4 is 23.2 Å². The van der Waals surface area contributed by atoms with Crippen molar-refractivity contribution in [2.75, 3.05) is 18.9 Å². The van der Waals surface area contributed by atoms with Crippen LogP contribution in [0.5, 0.6) is 0 Å². The van der Waals surface area contributed by atoms with E-state index in [2.05, 4.69) is 15.7 Å². The second kappa shape index (κ2) is 6.21. The average molecular weight is 293 g/mol. The first-order chi connectivity index (χ1) is 9.63. The number of likely N-dealkylation sites (N-methyl/N-ethyl adjacent to an activating group) is 1. The highest BCUT2D eigenvalue weighted by molar-refractivity contribution is 6.33. The fraction of sp³-hybridized carbons (Fsp3) is 0.154. The smallest absolute Gasteiger partial charge is 0.292 e. The van der Waals surface area contributed by atoms with Crippen LogP contribution in [-0.2, 0) is 4.79 Å². The van der Waals surface area contributed by atoms with Crippen LogP contribution in [-0.4, -0.2) is 29.3 Å². The molecule has 0 saturated heterocycles. The molecule has 2 N–H and O–H groups in total. The molecule has 1 heterocycles. The van der Waals surface area contributed by atoms with Gasteiger partial charge in [0, 0.05) is 7.05 Å². The van der Waals surface area contributed by atoms with Gasteiger partial charge in [-0.3, -0.25) is 9.59 Å². The number of hydrogen-bond donors (Lipinski definition) is 2. The van der Waals surface area contributed by atoms with Crippen LogP contribution < -0.4 is 16.2 Å². The van der Waals surface area contributed by atoms with Crippen molar-refractivity contribution in [3.63, 3.8) is 0 Å². The minimum atomic E-state index is -0.445. The van der Waals surface area contributed by atoms with Gasteiger partial charge in [-0.05, 0) is 12.1 Å². The van der Waals surface area contributed by atoms with Crippen LogP contribution in [0.1, 0.15) is 0 Å². The van der Waals surface area contributed by atoms with E-state index >= 15 is 0 Å². The number of nitrogens with zero attached hydrogens (tertiary/aromatic N) is 2. The number of benzene rings is 1. The maximum Gasteiger partial charge on any atom is 0.292 e. The van der Waals surface area contributed by atoms with Gasteiger partial charge in [0.05, 0.1) is 24.1 Å². The van der Waals surface area contributed by atoms with E-state index < -0.39 is 5.56 Å². The Kier molecular flexibility index (Phi) is 4.37. The maximum absolute atomic E-state index is 12.1. The Labute approximate surface area is 120 Å². The Bertz CT molecular complexity index is 670. The molecule has 2 aromatic rings. The molecule has 104 valence electrons. The summed E-state index contributed by atoms with van der Waals surface area (Å²) in [7, 11) is 1.53. The molecule has 1 aromatic carbocycles. The van der Waals surface area contributed by atoms with Gasteiger partial charge in [0.15, 0.2) is 0 Å². The summed E-state index contributed by atoms with van der Waals surface area (Å²) in [5.41, 5.74) is 0.504. The van der Waals surface area contributed by atoms with Crippen LogP contribution >= 0.6 is 11.6 Å². The Balaban J connectivity index is 2.30. The van der Waals surface area contributed by atoms with Gasteiger partial charge in [-0.25, -0.2) is 0 Å². The van der Waals surface area contributed by atoms with Crippen LogP contribution in [0, 0.1) is 0 Å². The average Bonchev–Trinajstić information content (AvgIpc) is 2.49. The molecule has 2 rings (SSSR count). The number of hydrogen-bond acceptors (Lipinski definition) is 4. The summed E-state index contributed by atoms with van der Waals surface area (Å²) in [6.07, 6.45) is 1.42. The van der Waals surface area contributed by atoms with Crippen molar-refractivity contribution in [2.45, 2.75) is 0 Å². The second-order valence-electron chi connectivity index (χ2n) is 3.95. The summed E-state index contributed by atoms with van der Waals surface area (Å²) in [4.78, 5) is 23.3. The number of nitrogens with one attached hydrogen (secondary N) is 2. The molecule has 0 atom stereocenters. The number of aromatic nitrogens is 2. The monoisotopic (exact) mass is 292 g/mol.